The summed E-state index contributed by atoms with van der Waals surface area (Å²) in [4.78, 5) is 16.7. The fourth-order valence-electron chi connectivity index (χ4n) is 3.43. The van der Waals surface area contributed by atoms with Gasteiger partial charge in [-0.05, 0) is 37.1 Å². The Balaban J connectivity index is 1.66. The van der Waals surface area contributed by atoms with E-state index in [2.05, 4.69) is 10.2 Å². The van der Waals surface area contributed by atoms with Crippen molar-refractivity contribution in [2.24, 2.45) is 0 Å². The highest BCUT2D eigenvalue weighted by molar-refractivity contribution is 5.78. The minimum absolute atomic E-state index is 0.206. The van der Waals surface area contributed by atoms with E-state index >= 15 is 0 Å². The van der Waals surface area contributed by atoms with E-state index in [1.165, 1.54) is 18.6 Å². The largest absolute Gasteiger partial charge is 0.339 e. The maximum atomic E-state index is 13.1. The van der Waals surface area contributed by atoms with Gasteiger partial charge in [0.2, 0.25) is 5.91 Å². The van der Waals surface area contributed by atoms with E-state index in [1.54, 1.807) is 0 Å². The van der Waals surface area contributed by atoms with Gasteiger partial charge < -0.3 is 10.2 Å². The number of hydrogen-bond donors (Lipinski definition) is 1. The van der Waals surface area contributed by atoms with Gasteiger partial charge in [0.15, 0.2) is 0 Å². The van der Waals surface area contributed by atoms with Crippen LogP contribution >= 0.6 is 0 Å². The summed E-state index contributed by atoms with van der Waals surface area (Å²) in [7, 11) is 0. The van der Waals surface area contributed by atoms with Crippen LogP contribution in [0.3, 0.4) is 0 Å². The summed E-state index contributed by atoms with van der Waals surface area (Å²) >= 11 is 0. The standard InChI is InChI=1S/C17H24FN3O/c18-15-6-4-14(5-7-15)16-3-1-2-10-21(16)13-17(22)20-11-8-19-9-12-20/h4-7,16,19H,1-3,8-13H2/t16-/m1/s1. The number of piperazine rings is 1. The molecule has 1 N–H and O–H groups in total. The number of rotatable bonds is 3. The van der Waals surface area contributed by atoms with Gasteiger partial charge in [0.1, 0.15) is 5.82 Å². The van der Waals surface area contributed by atoms with Crippen molar-refractivity contribution in [2.45, 2.75) is 25.3 Å². The van der Waals surface area contributed by atoms with E-state index in [1.807, 2.05) is 17.0 Å². The molecule has 120 valence electrons. The second kappa shape index (κ2) is 7.20. The number of piperidine rings is 1. The van der Waals surface area contributed by atoms with Crippen LogP contribution in [0.15, 0.2) is 24.3 Å². The average molecular weight is 305 g/mol. The van der Waals surface area contributed by atoms with Crippen LogP contribution in [0.2, 0.25) is 0 Å². The van der Waals surface area contributed by atoms with Crippen molar-refractivity contribution in [1.29, 1.82) is 0 Å². The monoisotopic (exact) mass is 305 g/mol. The SMILES string of the molecule is O=C(CN1CCCC[C@@H]1c1ccc(F)cc1)N1CCNCC1. The van der Waals surface area contributed by atoms with Crippen molar-refractivity contribution >= 4 is 5.91 Å². The van der Waals surface area contributed by atoms with Crippen LogP contribution in [-0.2, 0) is 4.79 Å². The average Bonchev–Trinajstić information content (AvgIpc) is 2.57. The lowest BCUT2D eigenvalue weighted by Crippen LogP contribution is -2.50. The second-order valence-corrected chi connectivity index (χ2v) is 6.16. The number of nitrogens with one attached hydrogen (secondary N) is 1. The lowest BCUT2D eigenvalue weighted by molar-refractivity contribution is -0.134. The van der Waals surface area contributed by atoms with Gasteiger partial charge in [0.25, 0.3) is 0 Å². The van der Waals surface area contributed by atoms with E-state index in [4.69, 9.17) is 0 Å². The molecule has 1 atom stereocenters. The minimum Gasteiger partial charge on any atom is -0.339 e. The molecule has 5 heteroatoms. The van der Waals surface area contributed by atoms with Gasteiger partial charge in [0.05, 0.1) is 6.54 Å². The predicted octanol–water partition coefficient (Wildman–Crippen LogP) is 1.78. The summed E-state index contributed by atoms with van der Waals surface area (Å²) in [6.07, 6.45) is 3.34. The zero-order valence-corrected chi connectivity index (χ0v) is 12.9. The molecular weight excluding hydrogens is 281 g/mol. The minimum atomic E-state index is -0.206. The first kappa shape index (κ1) is 15.4. The predicted molar refractivity (Wildman–Crippen MR) is 84.0 cm³/mol. The molecule has 2 saturated heterocycles. The third kappa shape index (κ3) is 3.65. The fraction of sp³-hybridized carbons (Fsp3) is 0.588. The molecule has 2 aliphatic heterocycles. The van der Waals surface area contributed by atoms with Crippen LogP contribution in [0, 0.1) is 5.82 Å². The summed E-state index contributed by atoms with van der Waals surface area (Å²) in [6, 6.07) is 6.98. The topological polar surface area (TPSA) is 35.6 Å². The van der Waals surface area contributed by atoms with E-state index in [-0.39, 0.29) is 17.8 Å². The molecular formula is C17H24FN3O. The van der Waals surface area contributed by atoms with Crippen LogP contribution in [-0.4, -0.2) is 55.0 Å². The van der Waals surface area contributed by atoms with E-state index in [9.17, 15) is 9.18 Å². The number of halogens is 1. The van der Waals surface area contributed by atoms with Gasteiger partial charge in [-0.3, -0.25) is 9.69 Å². The molecule has 0 bridgehead atoms. The lowest BCUT2D eigenvalue weighted by atomic mass is 9.95. The van der Waals surface area contributed by atoms with Crippen molar-refractivity contribution < 1.29 is 9.18 Å². The van der Waals surface area contributed by atoms with E-state index in [0.29, 0.717) is 6.54 Å². The fourth-order valence-corrected chi connectivity index (χ4v) is 3.43. The van der Waals surface area contributed by atoms with Crippen molar-refractivity contribution in [1.82, 2.24) is 15.1 Å². The molecule has 0 saturated carbocycles. The second-order valence-electron chi connectivity index (χ2n) is 6.16. The molecule has 1 aromatic rings. The van der Waals surface area contributed by atoms with Gasteiger partial charge in [-0.1, -0.05) is 18.6 Å². The number of likely N-dealkylation sites (tertiary alicyclic amines) is 1. The van der Waals surface area contributed by atoms with Gasteiger partial charge >= 0.3 is 0 Å². The first-order chi connectivity index (χ1) is 10.7. The Kier molecular flexibility index (Phi) is 5.05. The highest BCUT2D eigenvalue weighted by atomic mass is 19.1. The molecule has 3 rings (SSSR count). The quantitative estimate of drug-likeness (QED) is 0.925. The number of hydrogen-bond acceptors (Lipinski definition) is 3. The van der Waals surface area contributed by atoms with Crippen LogP contribution < -0.4 is 5.32 Å². The Morgan fingerprint density at radius 2 is 1.86 bits per heavy atom. The molecule has 0 aromatic heterocycles. The highest BCUT2D eigenvalue weighted by Gasteiger charge is 2.27. The molecule has 22 heavy (non-hydrogen) atoms. The number of carbonyl (C=O) groups is 1. The summed E-state index contributed by atoms with van der Waals surface area (Å²) < 4.78 is 13.1. The van der Waals surface area contributed by atoms with Crippen molar-refractivity contribution in [3.8, 4) is 0 Å². The lowest BCUT2D eigenvalue weighted by Gasteiger charge is -2.37. The zero-order valence-electron chi connectivity index (χ0n) is 12.9. The van der Waals surface area contributed by atoms with Gasteiger partial charge in [-0.15, -0.1) is 0 Å². The van der Waals surface area contributed by atoms with Crippen molar-refractivity contribution in [3.63, 3.8) is 0 Å². The van der Waals surface area contributed by atoms with Gasteiger partial charge in [-0.2, -0.15) is 0 Å². The third-order valence-electron chi connectivity index (χ3n) is 4.68. The molecule has 1 aromatic carbocycles. The Labute approximate surface area is 131 Å². The van der Waals surface area contributed by atoms with Crippen LogP contribution in [0.5, 0.6) is 0 Å². The zero-order chi connectivity index (χ0) is 15.4. The summed E-state index contributed by atoms with van der Waals surface area (Å²) in [5.74, 6) is 0.0125. The Morgan fingerprint density at radius 3 is 2.59 bits per heavy atom. The Bertz CT molecular complexity index is 499. The summed E-state index contributed by atoms with van der Waals surface area (Å²) in [5, 5.41) is 3.27. The molecule has 2 aliphatic rings. The summed E-state index contributed by atoms with van der Waals surface area (Å²) in [5.41, 5.74) is 1.12. The van der Waals surface area contributed by atoms with Crippen LogP contribution in [0.25, 0.3) is 0 Å². The number of carbonyl (C=O) groups excluding carboxylic acids is 1. The first-order valence-corrected chi connectivity index (χ1v) is 8.22. The van der Waals surface area contributed by atoms with Crippen molar-refractivity contribution in [3.05, 3.63) is 35.6 Å². The molecule has 1 amide bonds. The van der Waals surface area contributed by atoms with E-state index < -0.39 is 0 Å². The number of nitrogens with zero attached hydrogens (tertiary/aromatic N) is 2. The molecule has 0 aliphatic carbocycles. The maximum absolute atomic E-state index is 13.1. The first-order valence-electron chi connectivity index (χ1n) is 8.22. The van der Waals surface area contributed by atoms with Crippen molar-refractivity contribution in [2.75, 3.05) is 39.3 Å². The maximum Gasteiger partial charge on any atom is 0.236 e. The highest BCUT2D eigenvalue weighted by Crippen LogP contribution is 2.30. The molecule has 0 unspecified atom stereocenters. The van der Waals surface area contributed by atoms with Gasteiger partial charge in [-0.25, -0.2) is 4.39 Å². The third-order valence-corrected chi connectivity index (χ3v) is 4.68. The number of benzene rings is 1. The Morgan fingerprint density at radius 1 is 1.14 bits per heavy atom. The van der Waals surface area contributed by atoms with Crippen LogP contribution in [0.1, 0.15) is 30.9 Å². The molecule has 0 radical (unpaired) electrons. The molecule has 2 heterocycles. The van der Waals surface area contributed by atoms with Crippen LogP contribution in [0.4, 0.5) is 4.39 Å². The normalized spacial score (nSPS) is 23.5. The smallest absolute Gasteiger partial charge is 0.236 e. The molecule has 0 spiro atoms. The molecule has 2 fully saturated rings. The Hall–Kier alpha value is -1.46. The summed E-state index contributed by atoms with van der Waals surface area (Å²) in [6.45, 7) is 4.78. The van der Waals surface area contributed by atoms with Gasteiger partial charge in [0, 0.05) is 32.2 Å². The van der Waals surface area contributed by atoms with E-state index in [0.717, 1.165) is 51.1 Å². The molecule has 4 nitrogen and oxygen atoms in total. The number of amides is 1.